The molecule has 0 spiro atoms. The Morgan fingerprint density at radius 2 is 1.35 bits per heavy atom. The van der Waals surface area contributed by atoms with Gasteiger partial charge in [-0.15, -0.1) is 0 Å². The fourth-order valence-corrected chi connectivity index (χ4v) is 3.64. The summed E-state index contributed by atoms with van der Waals surface area (Å²) in [5.41, 5.74) is -2.51. The number of hydrogen-bond acceptors (Lipinski definition) is 2. The molecule has 138 valence electrons. The summed E-state index contributed by atoms with van der Waals surface area (Å²) in [6.45, 7) is 0. The van der Waals surface area contributed by atoms with Crippen molar-refractivity contribution in [2.75, 3.05) is 0 Å². The molecule has 0 aliphatic carbocycles. The molecule has 0 heterocycles. The van der Waals surface area contributed by atoms with Crippen LogP contribution in [0.4, 0.5) is 26.3 Å². The van der Waals surface area contributed by atoms with Crippen molar-refractivity contribution in [3.63, 3.8) is 0 Å². The third-order valence-corrected chi connectivity index (χ3v) is 4.77. The van der Waals surface area contributed by atoms with Gasteiger partial charge in [0.05, 0.1) is 11.1 Å². The Kier molecular flexibility index (Phi) is 3.96. The van der Waals surface area contributed by atoms with Crippen LogP contribution in [0.15, 0.2) is 47.4 Å². The molecule has 0 fully saturated rings. The Balaban J connectivity index is 2.43. The van der Waals surface area contributed by atoms with E-state index in [0.29, 0.717) is 6.07 Å². The predicted molar refractivity (Wildman–Crippen MR) is 81.3 cm³/mol. The molecular weight excluding hydrogens is 386 g/mol. The van der Waals surface area contributed by atoms with Crippen molar-refractivity contribution >= 4 is 31.7 Å². The zero-order chi connectivity index (χ0) is 19.5. The van der Waals surface area contributed by atoms with Gasteiger partial charge in [0.2, 0.25) is 0 Å². The Hall–Kier alpha value is -2.33. The van der Waals surface area contributed by atoms with Gasteiger partial charge in [-0.25, -0.2) is 0 Å². The van der Waals surface area contributed by atoms with Crippen molar-refractivity contribution in [1.82, 2.24) is 0 Å². The fraction of sp³-hybridized carbons (Fsp3) is 0.125. The van der Waals surface area contributed by atoms with E-state index in [1.54, 1.807) is 0 Å². The Morgan fingerprint density at radius 3 is 1.88 bits per heavy atom. The van der Waals surface area contributed by atoms with E-state index in [1.165, 1.54) is 0 Å². The van der Waals surface area contributed by atoms with E-state index in [1.807, 2.05) is 0 Å². The molecule has 0 atom stereocenters. The van der Waals surface area contributed by atoms with Gasteiger partial charge >= 0.3 is 12.4 Å². The van der Waals surface area contributed by atoms with Crippen LogP contribution in [0.3, 0.4) is 0 Å². The maximum absolute atomic E-state index is 13.1. The van der Waals surface area contributed by atoms with E-state index >= 15 is 0 Å². The average molecular weight is 394 g/mol. The third-order valence-electron chi connectivity index (χ3n) is 3.82. The molecule has 3 rings (SSSR count). The minimum absolute atomic E-state index is 0.0579. The first-order valence-corrected chi connectivity index (χ1v) is 8.35. The lowest BCUT2D eigenvalue weighted by Gasteiger charge is -2.14. The molecule has 0 radical (unpaired) electrons. The van der Waals surface area contributed by atoms with E-state index in [2.05, 4.69) is 0 Å². The normalized spacial score (nSPS) is 13.5. The van der Waals surface area contributed by atoms with Crippen LogP contribution in [-0.4, -0.2) is 13.0 Å². The number of hydrogen-bond donors (Lipinski definition) is 1. The highest BCUT2D eigenvalue weighted by atomic mass is 32.2. The van der Waals surface area contributed by atoms with Gasteiger partial charge in [-0.05, 0) is 46.5 Å². The second-order valence-corrected chi connectivity index (χ2v) is 6.91. The van der Waals surface area contributed by atoms with E-state index in [0.717, 1.165) is 36.4 Å². The topological polar surface area (TPSA) is 54.4 Å². The number of rotatable bonds is 1. The minimum atomic E-state index is -5.24. The summed E-state index contributed by atoms with van der Waals surface area (Å²) in [6, 6.07) is 6.09. The standard InChI is InChI=1S/C16H8F6O3S/c17-15(18,19)11-3-1-8-7-12-9(5-10(8)6-11)2-4-13(16(20,21)22)14(12)26(23,24)25/h1-7H,(H,23,24,25). The molecule has 0 saturated carbocycles. The van der Waals surface area contributed by atoms with Gasteiger partial charge in [0, 0.05) is 5.39 Å². The molecule has 3 nitrogen and oxygen atoms in total. The number of benzene rings is 3. The molecule has 0 aliphatic heterocycles. The van der Waals surface area contributed by atoms with Crippen molar-refractivity contribution in [2.45, 2.75) is 17.2 Å². The van der Waals surface area contributed by atoms with Gasteiger partial charge in [-0.1, -0.05) is 12.1 Å². The predicted octanol–water partition coefficient (Wildman–Crippen LogP) is 5.28. The summed E-state index contributed by atoms with van der Waals surface area (Å²) in [4.78, 5) is -1.33. The quantitative estimate of drug-likeness (QED) is 0.347. The van der Waals surface area contributed by atoms with Crippen LogP contribution in [-0.2, 0) is 22.5 Å². The smallest absolute Gasteiger partial charge is 0.282 e. The van der Waals surface area contributed by atoms with E-state index in [9.17, 15) is 39.3 Å². The second kappa shape index (κ2) is 5.58. The monoisotopic (exact) mass is 394 g/mol. The number of alkyl halides is 6. The molecule has 1 N–H and O–H groups in total. The van der Waals surface area contributed by atoms with Crippen molar-refractivity contribution in [3.8, 4) is 0 Å². The van der Waals surface area contributed by atoms with Gasteiger partial charge in [0.15, 0.2) is 0 Å². The molecule has 0 bridgehead atoms. The van der Waals surface area contributed by atoms with Crippen LogP contribution < -0.4 is 0 Å². The zero-order valence-electron chi connectivity index (χ0n) is 12.5. The van der Waals surface area contributed by atoms with Crippen LogP contribution in [0.25, 0.3) is 21.5 Å². The van der Waals surface area contributed by atoms with Crippen molar-refractivity contribution in [3.05, 3.63) is 53.6 Å². The Morgan fingerprint density at radius 1 is 0.731 bits per heavy atom. The first kappa shape index (κ1) is 18.5. The lowest BCUT2D eigenvalue weighted by atomic mass is 9.99. The number of halogens is 6. The first-order chi connectivity index (χ1) is 11.8. The zero-order valence-corrected chi connectivity index (χ0v) is 13.3. The molecule has 0 saturated heterocycles. The molecule has 26 heavy (non-hydrogen) atoms. The number of fused-ring (bicyclic) bond motifs is 2. The average Bonchev–Trinajstić information content (AvgIpc) is 2.48. The maximum Gasteiger partial charge on any atom is 0.417 e. The first-order valence-electron chi connectivity index (χ1n) is 6.91. The minimum Gasteiger partial charge on any atom is -0.282 e. The fourth-order valence-electron chi connectivity index (χ4n) is 2.72. The molecule has 0 aliphatic rings. The highest BCUT2D eigenvalue weighted by molar-refractivity contribution is 7.86. The van der Waals surface area contributed by atoms with Crippen LogP contribution in [0.5, 0.6) is 0 Å². The lowest BCUT2D eigenvalue weighted by molar-refractivity contribution is -0.140. The third kappa shape index (κ3) is 3.21. The van der Waals surface area contributed by atoms with E-state index < -0.39 is 43.9 Å². The van der Waals surface area contributed by atoms with Gasteiger partial charge in [-0.3, -0.25) is 4.55 Å². The van der Waals surface area contributed by atoms with Gasteiger partial charge < -0.3 is 0 Å². The summed E-state index contributed by atoms with van der Waals surface area (Å²) in [5, 5.41) is -0.338. The molecule has 10 heteroatoms. The maximum atomic E-state index is 13.1. The molecule has 0 amide bonds. The summed E-state index contributed by atoms with van der Waals surface area (Å²) >= 11 is 0. The summed E-state index contributed by atoms with van der Waals surface area (Å²) < 4.78 is 110. The largest absolute Gasteiger partial charge is 0.417 e. The van der Waals surface area contributed by atoms with Crippen molar-refractivity contribution in [2.24, 2.45) is 0 Å². The van der Waals surface area contributed by atoms with Gasteiger partial charge in [0.25, 0.3) is 10.1 Å². The molecular formula is C16H8F6O3S. The highest BCUT2D eigenvalue weighted by Gasteiger charge is 2.38. The van der Waals surface area contributed by atoms with E-state index in [4.69, 9.17) is 0 Å². The van der Waals surface area contributed by atoms with Crippen molar-refractivity contribution in [1.29, 1.82) is 0 Å². The summed E-state index contributed by atoms with van der Waals surface area (Å²) in [6.07, 6.45) is -9.66. The SMILES string of the molecule is O=S(=O)(O)c1c(C(F)(F)F)ccc2cc3cc(C(F)(F)F)ccc3cc12. The Bertz CT molecular complexity index is 1130. The van der Waals surface area contributed by atoms with E-state index in [-0.39, 0.29) is 16.2 Å². The second-order valence-electron chi connectivity index (χ2n) is 5.55. The summed E-state index contributed by atoms with van der Waals surface area (Å²) in [7, 11) is -5.24. The molecule has 0 aromatic heterocycles. The molecule has 0 unspecified atom stereocenters. The van der Waals surface area contributed by atoms with Crippen LogP contribution in [0, 0.1) is 0 Å². The molecule has 3 aromatic carbocycles. The van der Waals surface area contributed by atoms with Gasteiger partial charge in [0.1, 0.15) is 4.90 Å². The highest BCUT2D eigenvalue weighted by Crippen LogP contribution is 2.40. The lowest BCUT2D eigenvalue weighted by Crippen LogP contribution is -2.13. The summed E-state index contributed by atoms with van der Waals surface area (Å²) in [5.74, 6) is 0. The Labute approximate surface area is 142 Å². The van der Waals surface area contributed by atoms with Crippen LogP contribution in [0.2, 0.25) is 0 Å². The molecule has 3 aromatic rings. The van der Waals surface area contributed by atoms with Crippen molar-refractivity contribution < 1.29 is 39.3 Å². The van der Waals surface area contributed by atoms with Gasteiger partial charge in [-0.2, -0.15) is 34.8 Å². The van der Waals surface area contributed by atoms with Crippen LogP contribution >= 0.6 is 0 Å². The van der Waals surface area contributed by atoms with Crippen LogP contribution in [0.1, 0.15) is 11.1 Å².